The minimum Gasteiger partial charge on any atom is -0.460 e. The van der Waals surface area contributed by atoms with Gasteiger partial charge in [0, 0.05) is 10.9 Å². The average Bonchev–Trinajstić information content (AvgIpc) is 3.10. The Morgan fingerprint density at radius 3 is 2.95 bits per heavy atom. The maximum absolute atomic E-state index is 5.38. The highest BCUT2D eigenvalue weighted by Gasteiger charge is 2.07. The van der Waals surface area contributed by atoms with Crippen LogP contribution in [0.3, 0.4) is 0 Å². The third-order valence-corrected chi connectivity index (χ3v) is 3.24. The van der Waals surface area contributed by atoms with Crippen LogP contribution < -0.4 is 5.43 Å². The minimum atomic E-state index is 0.318. The smallest absolute Gasteiger partial charge is 0.265 e. The van der Waals surface area contributed by atoms with Gasteiger partial charge in [-0.05, 0) is 25.1 Å². The maximum Gasteiger partial charge on any atom is 0.265 e. The molecule has 22 heavy (non-hydrogen) atoms. The van der Waals surface area contributed by atoms with Crippen LogP contribution in [0.1, 0.15) is 11.5 Å². The van der Waals surface area contributed by atoms with Crippen LogP contribution in [0.25, 0.3) is 22.1 Å². The fourth-order valence-electron chi connectivity index (χ4n) is 2.24. The number of hydrogen-bond donors (Lipinski definition) is 2. The van der Waals surface area contributed by atoms with Crippen molar-refractivity contribution in [3.05, 3.63) is 47.9 Å². The number of hydrazone groups is 1. The van der Waals surface area contributed by atoms with Gasteiger partial charge in [-0.1, -0.05) is 18.2 Å². The lowest BCUT2D eigenvalue weighted by Crippen LogP contribution is -1.98. The van der Waals surface area contributed by atoms with Crippen molar-refractivity contribution in [2.45, 2.75) is 6.92 Å². The van der Waals surface area contributed by atoms with Gasteiger partial charge < -0.3 is 9.40 Å². The molecule has 0 spiro atoms. The molecule has 0 atom stereocenters. The number of furan rings is 1. The van der Waals surface area contributed by atoms with E-state index in [9.17, 15) is 0 Å². The van der Waals surface area contributed by atoms with Gasteiger partial charge in [0.25, 0.3) is 5.95 Å². The molecule has 7 nitrogen and oxygen atoms in total. The van der Waals surface area contributed by atoms with E-state index in [1.54, 1.807) is 6.21 Å². The Morgan fingerprint density at radius 1 is 1.18 bits per heavy atom. The Hall–Kier alpha value is -3.22. The number of aromatic amines is 1. The molecule has 4 aromatic rings. The summed E-state index contributed by atoms with van der Waals surface area (Å²) in [4.78, 5) is 7.57. The van der Waals surface area contributed by atoms with Crippen molar-refractivity contribution in [3.63, 3.8) is 0 Å². The third-order valence-electron chi connectivity index (χ3n) is 3.24. The lowest BCUT2D eigenvalue weighted by molar-refractivity contribution is 0.528. The van der Waals surface area contributed by atoms with Gasteiger partial charge in [-0.2, -0.15) is 10.1 Å². The molecule has 0 fully saturated rings. The van der Waals surface area contributed by atoms with Gasteiger partial charge >= 0.3 is 0 Å². The zero-order valence-corrected chi connectivity index (χ0v) is 11.7. The fraction of sp³-hybridized carbons (Fsp3) is 0.0667. The van der Waals surface area contributed by atoms with Crippen molar-refractivity contribution in [1.82, 2.24) is 20.2 Å². The number of nitrogens with one attached hydrogen (secondary N) is 2. The zero-order chi connectivity index (χ0) is 14.9. The number of benzene rings is 1. The molecule has 108 valence electrons. The Morgan fingerprint density at radius 2 is 2.09 bits per heavy atom. The summed E-state index contributed by atoms with van der Waals surface area (Å²) in [5.41, 5.74) is 5.13. The second-order valence-corrected chi connectivity index (χ2v) is 4.82. The van der Waals surface area contributed by atoms with Gasteiger partial charge in [-0.25, -0.2) is 5.43 Å². The number of nitrogens with zero attached hydrogens (tertiary/aromatic N) is 4. The van der Waals surface area contributed by atoms with Crippen LogP contribution in [-0.4, -0.2) is 26.4 Å². The second kappa shape index (κ2) is 4.96. The molecular weight excluding hydrogens is 280 g/mol. The minimum absolute atomic E-state index is 0.318. The van der Waals surface area contributed by atoms with Crippen molar-refractivity contribution in [2.24, 2.45) is 5.10 Å². The Bertz CT molecular complexity index is 984. The SMILES string of the molecule is Cc1ccc(/C=N/Nc2nnc3c(n2)[nH]c2ccccc23)o1. The van der Waals surface area contributed by atoms with Gasteiger partial charge in [0.1, 0.15) is 17.0 Å². The van der Waals surface area contributed by atoms with Crippen molar-refractivity contribution in [1.29, 1.82) is 0 Å². The topological polar surface area (TPSA) is 92.0 Å². The molecule has 7 heteroatoms. The van der Waals surface area contributed by atoms with E-state index < -0.39 is 0 Å². The lowest BCUT2D eigenvalue weighted by Gasteiger charge is -1.96. The normalized spacial score (nSPS) is 11.7. The molecule has 0 aliphatic heterocycles. The quantitative estimate of drug-likeness (QED) is 0.447. The van der Waals surface area contributed by atoms with Crippen molar-refractivity contribution < 1.29 is 4.42 Å². The third kappa shape index (κ3) is 2.18. The molecule has 0 unspecified atom stereocenters. The van der Waals surface area contributed by atoms with Crippen LogP contribution in [0.2, 0.25) is 0 Å². The van der Waals surface area contributed by atoms with Gasteiger partial charge in [-0.15, -0.1) is 10.2 Å². The van der Waals surface area contributed by atoms with E-state index in [0.29, 0.717) is 17.4 Å². The first-order valence-electron chi connectivity index (χ1n) is 6.76. The monoisotopic (exact) mass is 292 g/mol. The van der Waals surface area contributed by atoms with Crippen molar-refractivity contribution in [2.75, 3.05) is 5.43 Å². The summed E-state index contributed by atoms with van der Waals surface area (Å²) in [6.07, 6.45) is 1.56. The summed E-state index contributed by atoms with van der Waals surface area (Å²) in [6, 6.07) is 11.6. The molecule has 1 aromatic carbocycles. The number of hydrogen-bond acceptors (Lipinski definition) is 6. The van der Waals surface area contributed by atoms with E-state index in [4.69, 9.17) is 4.42 Å². The number of aryl methyl sites for hydroxylation is 1. The Balaban J connectivity index is 1.62. The molecule has 3 heterocycles. The number of anilines is 1. The summed E-state index contributed by atoms with van der Waals surface area (Å²) in [5, 5.41) is 13.3. The van der Waals surface area contributed by atoms with Crippen molar-refractivity contribution in [3.8, 4) is 0 Å². The first-order valence-corrected chi connectivity index (χ1v) is 6.76. The number of para-hydroxylation sites is 1. The van der Waals surface area contributed by atoms with Gasteiger partial charge in [0.2, 0.25) is 0 Å². The molecule has 0 saturated heterocycles. The first-order chi connectivity index (χ1) is 10.8. The highest BCUT2D eigenvalue weighted by atomic mass is 16.3. The van der Waals surface area contributed by atoms with Crippen LogP contribution in [0.5, 0.6) is 0 Å². The Labute approximate surface area is 125 Å². The number of rotatable bonds is 3. The van der Waals surface area contributed by atoms with Crippen LogP contribution in [0.4, 0.5) is 5.95 Å². The molecule has 3 aromatic heterocycles. The van der Waals surface area contributed by atoms with E-state index in [-0.39, 0.29) is 0 Å². The zero-order valence-electron chi connectivity index (χ0n) is 11.7. The van der Waals surface area contributed by atoms with Crippen LogP contribution in [-0.2, 0) is 0 Å². The molecule has 0 radical (unpaired) electrons. The largest absolute Gasteiger partial charge is 0.460 e. The van der Waals surface area contributed by atoms with E-state index >= 15 is 0 Å². The highest BCUT2D eigenvalue weighted by Crippen LogP contribution is 2.21. The van der Waals surface area contributed by atoms with E-state index in [0.717, 1.165) is 22.2 Å². The number of H-pyrrole nitrogens is 1. The highest BCUT2D eigenvalue weighted by molar-refractivity contribution is 6.03. The summed E-state index contributed by atoms with van der Waals surface area (Å²) < 4.78 is 5.38. The lowest BCUT2D eigenvalue weighted by atomic mass is 10.2. The van der Waals surface area contributed by atoms with E-state index in [1.165, 1.54) is 0 Å². The molecule has 0 amide bonds. The van der Waals surface area contributed by atoms with E-state index in [2.05, 4.69) is 30.7 Å². The molecule has 0 bridgehead atoms. The van der Waals surface area contributed by atoms with E-state index in [1.807, 2.05) is 43.3 Å². The molecule has 4 rings (SSSR count). The molecule has 2 N–H and O–H groups in total. The van der Waals surface area contributed by atoms with Gasteiger partial charge in [0.15, 0.2) is 5.65 Å². The van der Waals surface area contributed by atoms with Crippen molar-refractivity contribution >= 4 is 34.2 Å². The number of fused-ring (bicyclic) bond motifs is 3. The summed E-state index contributed by atoms with van der Waals surface area (Å²) >= 11 is 0. The molecular formula is C15H12N6O. The molecule has 0 aliphatic carbocycles. The predicted octanol–water partition coefficient (Wildman–Crippen LogP) is 2.85. The second-order valence-electron chi connectivity index (χ2n) is 4.82. The Kier molecular flexibility index (Phi) is 2.82. The van der Waals surface area contributed by atoms with Gasteiger partial charge in [-0.3, -0.25) is 0 Å². The number of aromatic nitrogens is 4. The summed E-state index contributed by atoms with van der Waals surface area (Å²) in [6.45, 7) is 1.88. The van der Waals surface area contributed by atoms with Crippen LogP contribution >= 0.6 is 0 Å². The summed E-state index contributed by atoms with van der Waals surface area (Å²) in [5.74, 6) is 1.81. The predicted molar refractivity (Wildman–Crippen MR) is 83.9 cm³/mol. The fourth-order valence-corrected chi connectivity index (χ4v) is 2.24. The van der Waals surface area contributed by atoms with Crippen LogP contribution in [0.15, 0.2) is 45.9 Å². The molecule has 0 aliphatic rings. The summed E-state index contributed by atoms with van der Waals surface area (Å²) in [7, 11) is 0. The molecule has 0 saturated carbocycles. The first kappa shape index (κ1) is 12.5. The maximum atomic E-state index is 5.38. The standard InChI is InChI=1S/C15H12N6O/c1-9-6-7-10(22-9)8-16-20-15-18-14-13(19-21-15)11-4-2-3-5-12(11)17-14/h2-8H,1H3,(H2,17,18,20,21)/b16-8+. The van der Waals surface area contributed by atoms with Gasteiger partial charge in [0.05, 0.1) is 6.21 Å². The average molecular weight is 292 g/mol. The van der Waals surface area contributed by atoms with Crippen LogP contribution in [0, 0.1) is 6.92 Å².